The first-order valence-corrected chi connectivity index (χ1v) is 15.7. The van der Waals surface area contributed by atoms with Crippen LogP contribution in [0.5, 0.6) is 0 Å². The Morgan fingerprint density at radius 2 is 1.82 bits per heavy atom. The van der Waals surface area contributed by atoms with Gasteiger partial charge in [0.1, 0.15) is 5.15 Å². The molecule has 2 aromatic carbocycles. The van der Waals surface area contributed by atoms with E-state index in [1.54, 1.807) is 0 Å². The number of hydrogen-bond donors (Lipinski definition) is 1. The Balaban J connectivity index is 1.19. The summed E-state index contributed by atoms with van der Waals surface area (Å²) in [5.74, 6) is 1.50. The lowest BCUT2D eigenvalue weighted by Gasteiger charge is -2.48. The van der Waals surface area contributed by atoms with Crippen LogP contribution in [0.4, 0.5) is 0 Å². The van der Waals surface area contributed by atoms with Crippen molar-refractivity contribution in [3.63, 3.8) is 0 Å². The van der Waals surface area contributed by atoms with Crippen molar-refractivity contribution in [2.45, 2.75) is 81.6 Å². The molecule has 1 aromatic heterocycles. The van der Waals surface area contributed by atoms with E-state index in [1.165, 1.54) is 54.0 Å². The molecule has 3 fully saturated rings. The van der Waals surface area contributed by atoms with Crippen molar-refractivity contribution in [1.82, 2.24) is 15.2 Å². The van der Waals surface area contributed by atoms with Crippen molar-refractivity contribution in [3.8, 4) is 0 Å². The first-order chi connectivity index (χ1) is 19.1. The monoisotopic (exact) mass is 541 g/mol. The standard InChI is InChI=1S/C34H40ClN3O/c35-32-15-14-28-30(37-32)11-6-17-34(28)22-36-21-29(34)33(39)38-18-16-27(20-31(38)24-8-2-1-3-9-24)26-13-12-23-7-4-5-10-25(23)19-26/h4-5,7,10,12-15,19,24,27,29,31,36H,1-3,6,8-9,11,16-18,20-22H2/t27?,29-,31?,34-/m0/s1. The zero-order chi connectivity index (χ0) is 26.4. The van der Waals surface area contributed by atoms with E-state index >= 15 is 0 Å². The molecule has 1 saturated carbocycles. The van der Waals surface area contributed by atoms with Gasteiger partial charge in [0.2, 0.25) is 5.91 Å². The molecule has 39 heavy (non-hydrogen) atoms. The number of amides is 1. The number of aryl methyl sites for hydroxylation is 1. The summed E-state index contributed by atoms with van der Waals surface area (Å²) in [5.41, 5.74) is 3.66. The minimum absolute atomic E-state index is 0.0252. The highest BCUT2D eigenvalue weighted by molar-refractivity contribution is 6.29. The molecule has 4 atom stereocenters. The van der Waals surface area contributed by atoms with Gasteiger partial charge in [-0.2, -0.15) is 0 Å². The lowest BCUT2D eigenvalue weighted by molar-refractivity contribution is -0.143. The molecular formula is C34H40ClN3O. The molecule has 7 rings (SSSR count). The number of carbonyl (C=O) groups excluding carboxylic acids is 1. The topological polar surface area (TPSA) is 45.2 Å². The number of nitrogens with zero attached hydrogens (tertiary/aromatic N) is 2. The lowest BCUT2D eigenvalue weighted by atomic mass is 9.64. The van der Waals surface area contributed by atoms with Crippen LogP contribution in [0.3, 0.4) is 0 Å². The van der Waals surface area contributed by atoms with Crippen molar-refractivity contribution < 1.29 is 4.79 Å². The molecule has 5 heteroatoms. The number of pyridine rings is 1. The molecule has 2 unspecified atom stereocenters. The van der Waals surface area contributed by atoms with E-state index in [1.807, 2.05) is 6.07 Å². The molecule has 3 aromatic rings. The van der Waals surface area contributed by atoms with Crippen molar-refractivity contribution in [1.29, 1.82) is 0 Å². The highest BCUT2D eigenvalue weighted by atomic mass is 35.5. The van der Waals surface area contributed by atoms with E-state index in [4.69, 9.17) is 16.6 Å². The maximum Gasteiger partial charge on any atom is 0.228 e. The van der Waals surface area contributed by atoms with Crippen LogP contribution in [-0.4, -0.2) is 41.5 Å². The third kappa shape index (κ3) is 4.58. The van der Waals surface area contributed by atoms with E-state index < -0.39 is 0 Å². The Morgan fingerprint density at radius 3 is 2.69 bits per heavy atom. The molecule has 2 saturated heterocycles. The van der Waals surface area contributed by atoms with E-state index in [0.29, 0.717) is 28.9 Å². The Kier molecular flexibility index (Phi) is 6.89. The first kappa shape index (κ1) is 25.5. The van der Waals surface area contributed by atoms with Gasteiger partial charge in [-0.05, 0) is 84.7 Å². The molecular weight excluding hydrogens is 502 g/mol. The number of halogens is 1. The summed E-state index contributed by atoms with van der Waals surface area (Å²) in [6, 6.07) is 20.1. The molecule has 3 heterocycles. The lowest BCUT2D eigenvalue weighted by Crippen LogP contribution is -2.55. The average Bonchev–Trinajstić information content (AvgIpc) is 3.40. The number of fused-ring (bicyclic) bond motifs is 3. The highest BCUT2D eigenvalue weighted by Gasteiger charge is 2.52. The van der Waals surface area contributed by atoms with Gasteiger partial charge in [0.25, 0.3) is 0 Å². The fourth-order valence-corrected chi connectivity index (χ4v) is 8.82. The molecule has 0 radical (unpaired) electrons. The molecule has 204 valence electrons. The van der Waals surface area contributed by atoms with Gasteiger partial charge >= 0.3 is 0 Å². The number of carbonyl (C=O) groups is 1. The number of hydrogen-bond acceptors (Lipinski definition) is 3. The van der Waals surface area contributed by atoms with Gasteiger partial charge in [-0.25, -0.2) is 4.98 Å². The SMILES string of the molecule is O=C([C@@H]1CNC[C@]12CCCc1nc(Cl)ccc12)N1CCC(c2ccc3ccccc3c2)CC1C1CCCCC1. The minimum atomic E-state index is -0.158. The molecule has 1 N–H and O–H groups in total. The summed E-state index contributed by atoms with van der Waals surface area (Å²) in [4.78, 5) is 21.7. The highest BCUT2D eigenvalue weighted by Crippen LogP contribution is 2.47. The summed E-state index contributed by atoms with van der Waals surface area (Å²) in [6.07, 6.45) is 11.7. The average molecular weight is 542 g/mol. The van der Waals surface area contributed by atoms with Crippen LogP contribution in [0.25, 0.3) is 10.8 Å². The Bertz CT molecular complexity index is 1370. The third-order valence-electron chi connectivity index (χ3n) is 10.6. The molecule has 1 amide bonds. The van der Waals surface area contributed by atoms with Crippen LogP contribution in [-0.2, 0) is 16.6 Å². The van der Waals surface area contributed by atoms with Gasteiger partial charge in [-0.1, -0.05) is 79.4 Å². The van der Waals surface area contributed by atoms with Crippen LogP contribution in [0, 0.1) is 11.8 Å². The maximum absolute atomic E-state index is 14.7. The van der Waals surface area contributed by atoms with Crippen LogP contribution in [0.15, 0.2) is 54.6 Å². The van der Waals surface area contributed by atoms with Crippen LogP contribution in [0.1, 0.15) is 80.5 Å². The number of benzene rings is 2. The molecule has 4 aliphatic rings. The van der Waals surface area contributed by atoms with Gasteiger partial charge < -0.3 is 10.2 Å². The van der Waals surface area contributed by atoms with E-state index in [9.17, 15) is 4.79 Å². The van der Waals surface area contributed by atoms with Gasteiger partial charge in [-0.3, -0.25) is 4.79 Å². The quantitative estimate of drug-likeness (QED) is 0.362. The second-order valence-corrected chi connectivity index (χ2v) is 13.0. The van der Waals surface area contributed by atoms with Crippen molar-refractivity contribution in [3.05, 3.63) is 76.6 Å². The molecule has 4 nitrogen and oxygen atoms in total. The zero-order valence-electron chi connectivity index (χ0n) is 22.9. The number of piperidine rings is 1. The largest absolute Gasteiger partial charge is 0.339 e. The van der Waals surface area contributed by atoms with Crippen LogP contribution < -0.4 is 5.32 Å². The maximum atomic E-state index is 14.7. The molecule has 2 aliphatic carbocycles. The van der Waals surface area contributed by atoms with Gasteiger partial charge in [0.05, 0.1) is 5.92 Å². The normalized spacial score (nSPS) is 29.6. The second kappa shape index (κ2) is 10.5. The van der Waals surface area contributed by atoms with Crippen molar-refractivity contribution in [2.24, 2.45) is 11.8 Å². The number of rotatable bonds is 3. The Labute approximate surface area is 237 Å². The van der Waals surface area contributed by atoms with E-state index in [-0.39, 0.29) is 11.3 Å². The van der Waals surface area contributed by atoms with Crippen molar-refractivity contribution >= 4 is 28.3 Å². The van der Waals surface area contributed by atoms with E-state index in [2.05, 4.69) is 58.7 Å². The molecule has 1 spiro atoms. The second-order valence-electron chi connectivity index (χ2n) is 12.6. The number of nitrogens with one attached hydrogen (secondary N) is 1. The Hall–Kier alpha value is -2.43. The predicted molar refractivity (Wildman–Crippen MR) is 158 cm³/mol. The zero-order valence-corrected chi connectivity index (χ0v) is 23.6. The Morgan fingerprint density at radius 1 is 0.974 bits per heavy atom. The van der Waals surface area contributed by atoms with Gasteiger partial charge in [-0.15, -0.1) is 0 Å². The van der Waals surface area contributed by atoms with Crippen LogP contribution in [0.2, 0.25) is 5.15 Å². The fourth-order valence-electron chi connectivity index (χ4n) is 8.65. The summed E-state index contributed by atoms with van der Waals surface area (Å²) >= 11 is 6.29. The van der Waals surface area contributed by atoms with E-state index in [0.717, 1.165) is 57.4 Å². The number of likely N-dealkylation sites (tertiary alicyclic amines) is 1. The summed E-state index contributed by atoms with van der Waals surface area (Å²) < 4.78 is 0. The van der Waals surface area contributed by atoms with Gasteiger partial charge in [0.15, 0.2) is 0 Å². The van der Waals surface area contributed by atoms with Gasteiger partial charge in [0, 0.05) is 36.8 Å². The molecule has 2 aliphatic heterocycles. The summed E-state index contributed by atoms with van der Waals surface area (Å²) in [6.45, 7) is 2.50. The number of aromatic nitrogens is 1. The minimum Gasteiger partial charge on any atom is -0.339 e. The fraction of sp³-hybridized carbons (Fsp3) is 0.529. The van der Waals surface area contributed by atoms with Crippen molar-refractivity contribution in [2.75, 3.05) is 19.6 Å². The summed E-state index contributed by atoms with van der Waals surface area (Å²) in [5, 5.41) is 6.84. The third-order valence-corrected chi connectivity index (χ3v) is 10.8. The predicted octanol–water partition coefficient (Wildman–Crippen LogP) is 7.04. The molecule has 0 bridgehead atoms. The van der Waals surface area contributed by atoms with Crippen LogP contribution >= 0.6 is 11.6 Å². The smallest absolute Gasteiger partial charge is 0.228 e. The summed E-state index contributed by atoms with van der Waals surface area (Å²) in [7, 11) is 0. The first-order valence-electron chi connectivity index (χ1n) is 15.3.